The topological polar surface area (TPSA) is 12.4 Å². The molecular weight excluding hydrogens is 158 g/mol. The van der Waals surface area contributed by atoms with E-state index in [4.69, 9.17) is 0 Å². The minimum Gasteiger partial charge on any atom is -0.263 e. The molecule has 0 unspecified atom stereocenters. The summed E-state index contributed by atoms with van der Waals surface area (Å²) < 4.78 is 0. The van der Waals surface area contributed by atoms with E-state index < -0.39 is 0 Å². The first kappa shape index (κ1) is 12.4. The zero-order chi connectivity index (χ0) is 10.4. The van der Waals surface area contributed by atoms with Gasteiger partial charge in [-0.1, -0.05) is 33.8 Å². The van der Waals surface area contributed by atoms with Crippen molar-refractivity contribution in [1.82, 2.24) is 0 Å². The highest BCUT2D eigenvalue weighted by atomic mass is 14.7. The SMILES string of the molecule is CC(CC(C)C)=N/C(C)=C/C(C)C. The average molecular weight is 181 g/mol. The number of rotatable bonds is 4. The van der Waals surface area contributed by atoms with Crippen LogP contribution in [-0.2, 0) is 0 Å². The molecule has 0 amide bonds. The summed E-state index contributed by atoms with van der Waals surface area (Å²) in [6, 6.07) is 0. The summed E-state index contributed by atoms with van der Waals surface area (Å²) in [6.45, 7) is 13.0. The summed E-state index contributed by atoms with van der Waals surface area (Å²) in [5.41, 5.74) is 2.39. The molecule has 0 N–H and O–H groups in total. The lowest BCUT2D eigenvalue weighted by atomic mass is 10.1. The Balaban J connectivity index is 4.21. The Morgan fingerprint density at radius 3 is 2.08 bits per heavy atom. The second kappa shape index (κ2) is 5.95. The van der Waals surface area contributed by atoms with Gasteiger partial charge in [-0.25, -0.2) is 0 Å². The van der Waals surface area contributed by atoms with Gasteiger partial charge < -0.3 is 0 Å². The van der Waals surface area contributed by atoms with Crippen LogP contribution < -0.4 is 0 Å². The molecule has 13 heavy (non-hydrogen) atoms. The van der Waals surface area contributed by atoms with E-state index in [2.05, 4.69) is 52.6 Å². The Bertz CT molecular complexity index is 197. The van der Waals surface area contributed by atoms with Gasteiger partial charge in [0.2, 0.25) is 0 Å². The monoisotopic (exact) mass is 181 g/mol. The van der Waals surface area contributed by atoms with E-state index in [1.54, 1.807) is 0 Å². The minimum atomic E-state index is 0.593. The third-order valence-electron chi connectivity index (χ3n) is 1.65. The summed E-state index contributed by atoms with van der Waals surface area (Å²) in [5.74, 6) is 1.30. The Kier molecular flexibility index (Phi) is 5.68. The van der Waals surface area contributed by atoms with E-state index in [-0.39, 0.29) is 0 Å². The lowest BCUT2D eigenvalue weighted by molar-refractivity contribution is 0.681. The van der Waals surface area contributed by atoms with E-state index in [9.17, 15) is 0 Å². The van der Waals surface area contributed by atoms with E-state index in [0.29, 0.717) is 11.8 Å². The van der Waals surface area contributed by atoms with Crippen LogP contribution in [0, 0.1) is 11.8 Å². The third kappa shape index (κ3) is 7.76. The molecule has 0 aromatic rings. The van der Waals surface area contributed by atoms with Gasteiger partial charge in [-0.2, -0.15) is 0 Å². The number of allylic oxidation sites excluding steroid dienone is 2. The molecule has 0 rings (SSSR count). The standard InChI is InChI=1S/C12H23N/c1-9(2)7-11(5)13-12(6)8-10(3)4/h7,9-10H,8H2,1-6H3/b11-7+,13-12?. The maximum atomic E-state index is 4.54. The predicted molar refractivity (Wildman–Crippen MR) is 61.2 cm³/mol. The first-order valence-corrected chi connectivity index (χ1v) is 5.14. The van der Waals surface area contributed by atoms with Crippen molar-refractivity contribution in [2.45, 2.75) is 48.0 Å². The van der Waals surface area contributed by atoms with Crippen LogP contribution in [0.3, 0.4) is 0 Å². The number of nitrogens with zero attached hydrogens (tertiary/aromatic N) is 1. The summed E-state index contributed by atoms with van der Waals surface area (Å²) in [5, 5.41) is 0. The summed E-state index contributed by atoms with van der Waals surface area (Å²) in [4.78, 5) is 4.54. The van der Waals surface area contributed by atoms with Crippen molar-refractivity contribution in [3.8, 4) is 0 Å². The number of hydrogen-bond donors (Lipinski definition) is 0. The van der Waals surface area contributed by atoms with E-state index in [0.717, 1.165) is 12.1 Å². The Labute approximate surface area is 83.0 Å². The van der Waals surface area contributed by atoms with E-state index in [1.165, 1.54) is 5.71 Å². The third-order valence-corrected chi connectivity index (χ3v) is 1.65. The molecule has 0 bridgehead atoms. The zero-order valence-electron chi connectivity index (χ0n) is 9.89. The molecule has 1 nitrogen and oxygen atoms in total. The molecule has 0 aromatic heterocycles. The van der Waals surface area contributed by atoms with Gasteiger partial charge in [-0.3, -0.25) is 4.99 Å². The van der Waals surface area contributed by atoms with Crippen LogP contribution in [0.4, 0.5) is 0 Å². The van der Waals surface area contributed by atoms with E-state index in [1.807, 2.05) is 0 Å². The highest BCUT2D eigenvalue weighted by Crippen LogP contribution is 2.07. The fourth-order valence-electron chi connectivity index (χ4n) is 1.46. The van der Waals surface area contributed by atoms with Gasteiger partial charge in [0.25, 0.3) is 0 Å². The lowest BCUT2D eigenvalue weighted by Crippen LogP contribution is -1.98. The van der Waals surface area contributed by atoms with Gasteiger partial charge in [0.15, 0.2) is 0 Å². The van der Waals surface area contributed by atoms with Gasteiger partial charge in [-0.15, -0.1) is 0 Å². The van der Waals surface area contributed by atoms with E-state index >= 15 is 0 Å². The molecule has 0 saturated carbocycles. The molecule has 0 spiro atoms. The van der Waals surface area contributed by atoms with Crippen molar-refractivity contribution in [2.24, 2.45) is 16.8 Å². The van der Waals surface area contributed by atoms with Gasteiger partial charge in [0, 0.05) is 11.4 Å². The van der Waals surface area contributed by atoms with Crippen molar-refractivity contribution >= 4 is 5.71 Å². The summed E-state index contributed by atoms with van der Waals surface area (Å²) >= 11 is 0. The van der Waals surface area contributed by atoms with Crippen LogP contribution in [0.15, 0.2) is 16.8 Å². The molecule has 0 radical (unpaired) electrons. The fourth-order valence-corrected chi connectivity index (χ4v) is 1.46. The molecule has 0 fully saturated rings. The quantitative estimate of drug-likeness (QED) is 0.580. The Morgan fingerprint density at radius 2 is 1.69 bits per heavy atom. The van der Waals surface area contributed by atoms with Crippen LogP contribution in [0.25, 0.3) is 0 Å². The van der Waals surface area contributed by atoms with Crippen molar-refractivity contribution in [3.63, 3.8) is 0 Å². The molecule has 0 atom stereocenters. The van der Waals surface area contributed by atoms with Crippen LogP contribution in [0.1, 0.15) is 48.0 Å². The van der Waals surface area contributed by atoms with Gasteiger partial charge in [-0.05, 0) is 32.1 Å². The summed E-state index contributed by atoms with van der Waals surface area (Å²) in [7, 11) is 0. The molecular formula is C12H23N. The predicted octanol–water partition coefficient (Wildman–Crippen LogP) is 4.05. The molecule has 76 valence electrons. The van der Waals surface area contributed by atoms with Gasteiger partial charge in [0.05, 0.1) is 0 Å². The van der Waals surface area contributed by atoms with Gasteiger partial charge >= 0.3 is 0 Å². The normalized spacial score (nSPS) is 14.5. The first-order chi connectivity index (χ1) is 5.91. The van der Waals surface area contributed by atoms with Crippen molar-refractivity contribution in [1.29, 1.82) is 0 Å². The second-order valence-corrected chi connectivity index (χ2v) is 4.50. The molecule has 0 aromatic carbocycles. The lowest BCUT2D eigenvalue weighted by Gasteiger charge is -2.04. The van der Waals surface area contributed by atoms with Crippen LogP contribution in [0.5, 0.6) is 0 Å². The largest absolute Gasteiger partial charge is 0.263 e. The van der Waals surface area contributed by atoms with Crippen LogP contribution >= 0.6 is 0 Å². The summed E-state index contributed by atoms with van der Waals surface area (Å²) in [6.07, 6.45) is 3.30. The Morgan fingerprint density at radius 1 is 1.15 bits per heavy atom. The van der Waals surface area contributed by atoms with Crippen molar-refractivity contribution in [3.05, 3.63) is 11.8 Å². The first-order valence-electron chi connectivity index (χ1n) is 5.14. The maximum absolute atomic E-state index is 4.54. The highest BCUT2D eigenvalue weighted by molar-refractivity contribution is 5.82. The smallest absolute Gasteiger partial charge is 0.0334 e. The Hall–Kier alpha value is -0.590. The molecule has 0 saturated heterocycles. The van der Waals surface area contributed by atoms with Crippen LogP contribution in [0.2, 0.25) is 0 Å². The minimum absolute atomic E-state index is 0.593. The molecule has 0 aliphatic carbocycles. The molecule has 1 heteroatoms. The average Bonchev–Trinajstić information content (AvgIpc) is 1.80. The number of hydrogen-bond acceptors (Lipinski definition) is 1. The highest BCUT2D eigenvalue weighted by Gasteiger charge is 1.97. The fraction of sp³-hybridized carbons (Fsp3) is 0.750. The molecule has 0 aliphatic heterocycles. The maximum Gasteiger partial charge on any atom is 0.0334 e. The molecule has 0 heterocycles. The number of aliphatic imine (C=N–C) groups is 1. The molecule has 0 aliphatic rings. The zero-order valence-corrected chi connectivity index (χ0v) is 9.89. The second-order valence-electron chi connectivity index (χ2n) is 4.50. The van der Waals surface area contributed by atoms with Crippen molar-refractivity contribution < 1.29 is 0 Å². The van der Waals surface area contributed by atoms with Crippen molar-refractivity contribution in [2.75, 3.05) is 0 Å². The van der Waals surface area contributed by atoms with Crippen LogP contribution in [-0.4, -0.2) is 5.71 Å². The van der Waals surface area contributed by atoms with Gasteiger partial charge in [0.1, 0.15) is 0 Å².